The van der Waals surface area contributed by atoms with E-state index in [-0.39, 0.29) is 12.5 Å². The maximum Gasteiger partial charge on any atom is 0.241 e. The van der Waals surface area contributed by atoms with E-state index in [1.165, 1.54) is 0 Å². The quantitative estimate of drug-likeness (QED) is 0.870. The van der Waals surface area contributed by atoms with E-state index in [9.17, 15) is 10.1 Å². The Morgan fingerprint density at radius 3 is 2.78 bits per heavy atom. The summed E-state index contributed by atoms with van der Waals surface area (Å²) in [5.41, 5.74) is 1.18. The number of imidazole rings is 1. The van der Waals surface area contributed by atoms with Gasteiger partial charge in [-0.3, -0.25) is 4.79 Å². The maximum absolute atomic E-state index is 12.0. The van der Waals surface area contributed by atoms with Gasteiger partial charge in [-0.05, 0) is 39.5 Å². The lowest BCUT2D eigenvalue weighted by atomic mass is 9.98. The average molecular weight is 246 g/mol. The number of nitrogens with zero attached hydrogens (tertiary/aromatic N) is 3. The van der Waals surface area contributed by atoms with E-state index in [1.807, 2.05) is 13.8 Å². The van der Waals surface area contributed by atoms with Gasteiger partial charge in [-0.1, -0.05) is 0 Å². The fourth-order valence-electron chi connectivity index (χ4n) is 2.07. The standard InChI is InChI=1S/C13H18N4O/c1-9-10(2)17(8-15-9)6-12(18)16-13(3,7-14)11-4-5-11/h8,11H,4-6H2,1-3H3,(H,16,18)/t13-/m1/s1. The molecule has 5 heteroatoms. The van der Waals surface area contributed by atoms with Crippen LogP contribution in [-0.4, -0.2) is 21.0 Å². The Morgan fingerprint density at radius 2 is 2.33 bits per heavy atom. The van der Waals surface area contributed by atoms with E-state index in [2.05, 4.69) is 16.4 Å². The Kier molecular flexibility index (Phi) is 3.12. The van der Waals surface area contributed by atoms with E-state index < -0.39 is 5.54 Å². The lowest BCUT2D eigenvalue weighted by Gasteiger charge is -2.23. The number of carbonyl (C=O) groups excluding carboxylic acids is 1. The highest BCUT2D eigenvalue weighted by atomic mass is 16.2. The van der Waals surface area contributed by atoms with Crippen LogP contribution in [0.15, 0.2) is 6.33 Å². The molecule has 1 atom stereocenters. The molecule has 0 aliphatic heterocycles. The van der Waals surface area contributed by atoms with Crippen LogP contribution in [0, 0.1) is 31.1 Å². The molecule has 1 aromatic heterocycles. The number of amides is 1. The van der Waals surface area contributed by atoms with Gasteiger partial charge in [0.2, 0.25) is 5.91 Å². The van der Waals surface area contributed by atoms with Crippen molar-refractivity contribution in [3.05, 3.63) is 17.7 Å². The zero-order valence-corrected chi connectivity index (χ0v) is 11.0. The first-order valence-electron chi connectivity index (χ1n) is 6.17. The molecule has 0 radical (unpaired) electrons. The third kappa shape index (κ3) is 2.37. The van der Waals surface area contributed by atoms with Crippen LogP contribution >= 0.6 is 0 Å². The van der Waals surface area contributed by atoms with Crippen LogP contribution < -0.4 is 5.32 Å². The molecule has 1 aliphatic carbocycles. The summed E-state index contributed by atoms with van der Waals surface area (Å²) in [7, 11) is 0. The number of nitriles is 1. The first kappa shape index (κ1) is 12.6. The number of rotatable bonds is 4. The van der Waals surface area contributed by atoms with Crippen LogP contribution in [0.4, 0.5) is 0 Å². The van der Waals surface area contributed by atoms with Crippen molar-refractivity contribution in [2.75, 3.05) is 0 Å². The summed E-state index contributed by atoms with van der Waals surface area (Å²) in [5.74, 6) is 0.170. The lowest BCUT2D eigenvalue weighted by molar-refractivity contribution is -0.123. The third-order valence-electron chi connectivity index (χ3n) is 3.68. The summed E-state index contributed by atoms with van der Waals surface area (Å²) in [6.07, 6.45) is 3.70. The molecule has 0 unspecified atom stereocenters. The van der Waals surface area contributed by atoms with Gasteiger partial charge in [0.05, 0.1) is 18.1 Å². The van der Waals surface area contributed by atoms with Crippen molar-refractivity contribution in [3.8, 4) is 6.07 Å². The number of aryl methyl sites for hydroxylation is 1. The fourth-order valence-corrected chi connectivity index (χ4v) is 2.07. The molecule has 1 heterocycles. The van der Waals surface area contributed by atoms with E-state index in [1.54, 1.807) is 17.8 Å². The van der Waals surface area contributed by atoms with Crippen molar-refractivity contribution in [1.82, 2.24) is 14.9 Å². The first-order valence-corrected chi connectivity index (χ1v) is 6.17. The summed E-state index contributed by atoms with van der Waals surface area (Å²) in [4.78, 5) is 16.1. The second-order valence-corrected chi connectivity index (χ2v) is 5.18. The summed E-state index contributed by atoms with van der Waals surface area (Å²) in [6, 6.07) is 2.22. The molecule has 0 bridgehead atoms. The zero-order chi connectivity index (χ0) is 13.3. The molecule has 1 fully saturated rings. The largest absolute Gasteiger partial charge is 0.336 e. The van der Waals surface area contributed by atoms with Crippen molar-refractivity contribution >= 4 is 5.91 Å². The zero-order valence-electron chi connectivity index (χ0n) is 11.0. The Balaban J connectivity index is 2.01. The number of nitrogens with one attached hydrogen (secondary N) is 1. The molecule has 18 heavy (non-hydrogen) atoms. The van der Waals surface area contributed by atoms with E-state index in [4.69, 9.17) is 0 Å². The Bertz CT molecular complexity index is 510. The van der Waals surface area contributed by atoms with Crippen LogP contribution in [0.3, 0.4) is 0 Å². The van der Waals surface area contributed by atoms with E-state index >= 15 is 0 Å². The lowest BCUT2D eigenvalue weighted by Crippen LogP contribution is -2.47. The topological polar surface area (TPSA) is 70.7 Å². The minimum atomic E-state index is -0.722. The Hall–Kier alpha value is -1.83. The van der Waals surface area contributed by atoms with Gasteiger partial charge in [-0.25, -0.2) is 4.98 Å². The van der Waals surface area contributed by atoms with Crippen LogP contribution in [-0.2, 0) is 11.3 Å². The molecule has 0 spiro atoms. The van der Waals surface area contributed by atoms with E-state index in [0.29, 0.717) is 5.92 Å². The minimum absolute atomic E-state index is 0.133. The highest BCUT2D eigenvalue weighted by Gasteiger charge is 2.42. The molecule has 5 nitrogen and oxygen atoms in total. The minimum Gasteiger partial charge on any atom is -0.336 e. The van der Waals surface area contributed by atoms with Crippen LogP contribution in [0.25, 0.3) is 0 Å². The van der Waals surface area contributed by atoms with Gasteiger partial charge >= 0.3 is 0 Å². The second kappa shape index (κ2) is 4.45. The number of aromatic nitrogens is 2. The molecule has 1 saturated carbocycles. The Morgan fingerprint density at radius 1 is 1.67 bits per heavy atom. The molecular weight excluding hydrogens is 228 g/mol. The Labute approximate surface area is 107 Å². The average Bonchev–Trinajstić information content (AvgIpc) is 3.13. The van der Waals surface area contributed by atoms with Gasteiger partial charge in [-0.2, -0.15) is 5.26 Å². The predicted molar refractivity (Wildman–Crippen MR) is 66.6 cm³/mol. The molecule has 1 aromatic rings. The van der Waals surface area contributed by atoms with Gasteiger partial charge < -0.3 is 9.88 Å². The number of hydrogen-bond donors (Lipinski definition) is 1. The van der Waals surface area contributed by atoms with Gasteiger partial charge in [-0.15, -0.1) is 0 Å². The highest BCUT2D eigenvalue weighted by Crippen LogP contribution is 2.39. The molecule has 1 N–H and O–H groups in total. The maximum atomic E-state index is 12.0. The van der Waals surface area contributed by atoms with Crippen molar-refractivity contribution in [1.29, 1.82) is 5.26 Å². The SMILES string of the molecule is Cc1ncn(CC(=O)N[C@](C)(C#N)C2CC2)c1C. The summed E-state index contributed by atoms with van der Waals surface area (Å²) < 4.78 is 1.80. The first-order chi connectivity index (χ1) is 8.46. The van der Waals surface area contributed by atoms with Crippen molar-refractivity contribution in [2.24, 2.45) is 5.92 Å². The van der Waals surface area contributed by atoms with Crippen LogP contribution in [0.2, 0.25) is 0 Å². The monoisotopic (exact) mass is 246 g/mol. The van der Waals surface area contributed by atoms with Gasteiger partial charge in [0.15, 0.2) is 0 Å². The molecular formula is C13H18N4O. The predicted octanol–water partition coefficient (Wildman–Crippen LogP) is 1.31. The number of hydrogen-bond acceptors (Lipinski definition) is 3. The van der Waals surface area contributed by atoms with Crippen molar-refractivity contribution in [3.63, 3.8) is 0 Å². The summed E-state index contributed by atoms with van der Waals surface area (Å²) >= 11 is 0. The molecule has 2 rings (SSSR count). The third-order valence-corrected chi connectivity index (χ3v) is 3.68. The molecule has 96 valence electrons. The summed E-state index contributed by atoms with van der Waals surface area (Å²) in [6.45, 7) is 5.86. The van der Waals surface area contributed by atoms with Crippen LogP contribution in [0.1, 0.15) is 31.2 Å². The summed E-state index contributed by atoms with van der Waals surface area (Å²) in [5, 5.41) is 12.0. The molecule has 0 saturated heterocycles. The van der Waals surface area contributed by atoms with Gasteiger partial charge in [0.25, 0.3) is 0 Å². The molecule has 0 aromatic carbocycles. The smallest absolute Gasteiger partial charge is 0.241 e. The van der Waals surface area contributed by atoms with Gasteiger partial charge in [0.1, 0.15) is 12.1 Å². The fraction of sp³-hybridized carbons (Fsp3) is 0.615. The molecule has 1 aliphatic rings. The highest BCUT2D eigenvalue weighted by molar-refractivity contribution is 5.77. The van der Waals surface area contributed by atoms with Crippen molar-refractivity contribution < 1.29 is 4.79 Å². The normalized spacial score (nSPS) is 17.9. The molecule has 1 amide bonds. The van der Waals surface area contributed by atoms with Crippen LogP contribution in [0.5, 0.6) is 0 Å². The number of carbonyl (C=O) groups is 1. The van der Waals surface area contributed by atoms with Gasteiger partial charge in [0, 0.05) is 5.69 Å². The second-order valence-electron chi connectivity index (χ2n) is 5.18. The van der Waals surface area contributed by atoms with Crippen molar-refractivity contribution in [2.45, 2.75) is 45.7 Å². The van der Waals surface area contributed by atoms with E-state index in [0.717, 1.165) is 24.2 Å².